The number of hydrogen-bond donors (Lipinski definition) is 4. The van der Waals surface area contributed by atoms with Crippen LogP contribution in [-0.4, -0.2) is 59.3 Å². The van der Waals surface area contributed by atoms with Crippen LogP contribution in [0.5, 0.6) is 0 Å². The van der Waals surface area contributed by atoms with Crippen LogP contribution in [0.3, 0.4) is 0 Å². The molecule has 0 saturated carbocycles. The van der Waals surface area contributed by atoms with Gasteiger partial charge in [-0.1, -0.05) is 141 Å². The second-order valence-corrected chi connectivity index (χ2v) is 14.1. The average Bonchev–Trinajstić information content (AvgIpc) is 3.13. The van der Waals surface area contributed by atoms with Gasteiger partial charge in [0.2, 0.25) is 11.8 Å². The van der Waals surface area contributed by atoms with Crippen LogP contribution in [-0.2, 0) is 23.9 Å². The van der Waals surface area contributed by atoms with Crippen molar-refractivity contribution in [2.45, 2.75) is 199 Å². The molecule has 0 saturated heterocycles. The zero-order valence-corrected chi connectivity index (χ0v) is 33.1. The Hall–Kier alpha value is -2.94. The van der Waals surface area contributed by atoms with E-state index in [2.05, 4.69) is 54.9 Å². The Morgan fingerprint density at radius 1 is 0.596 bits per heavy atom. The number of carbonyl (C=O) groups is 4. The summed E-state index contributed by atoms with van der Waals surface area (Å²) in [4.78, 5) is 47.4. The lowest BCUT2D eigenvalue weighted by molar-refractivity contribution is -0.147. The Labute approximate surface area is 316 Å². The first-order chi connectivity index (χ1) is 25.3. The van der Waals surface area contributed by atoms with E-state index >= 15 is 0 Å². The lowest BCUT2D eigenvalue weighted by atomic mass is 10.1. The topological polar surface area (TPSA) is 142 Å². The molecular weight excluding hydrogens is 656 g/mol. The van der Waals surface area contributed by atoms with Gasteiger partial charge in [-0.05, 0) is 70.3 Å². The molecule has 0 aliphatic carbocycles. The summed E-state index contributed by atoms with van der Waals surface area (Å²) in [6.45, 7) is 3.39. The van der Waals surface area contributed by atoms with Crippen molar-refractivity contribution in [1.82, 2.24) is 10.6 Å². The molecule has 0 spiro atoms. The molecule has 0 fully saturated rings. The molecule has 2 unspecified atom stereocenters. The molecule has 300 valence electrons. The van der Waals surface area contributed by atoms with E-state index in [-0.39, 0.29) is 30.9 Å². The summed E-state index contributed by atoms with van der Waals surface area (Å²) in [5, 5.41) is 22.5. The highest BCUT2D eigenvalue weighted by molar-refractivity contribution is 5.87. The maximum Gasteiger partial charge on any atom is 0.328 e. The van der Waals surface area contributed by atoms with Crippen LogP contribution >= 0.6 is 0 Å². The number of esters is 1. The molecule has 9 heteroatoms. The molecule has 2 atom stereocenters. The van der Waals surface area contributed by atoms with Crippen molar-refractivity contribution in [3.8, 4) is 0 Å². The number of amides is 2. The minimum absolute atomic E-state index is 0.134. The van der Waals surface area contributed by atoms with E-state index in [1.165, 1.54) is 96.3 Å². The van der Waals surface area contributed by atoms with E-state index in [0.717, 1.165) is 57.8 Å². The van der Waals surface area contributed by atoms with Gasteiger partial charge in [0.05, 0.1) is 13.2 Å². The SMILES string of the molecule is CCCC/C=C\C/C=C\C(CCCCCCC(=O)NCC(=O)NC(CO)C(=O)O)OC(=O)CCCCCCCCC/C=C\CCCCCCCCC. The number of nitrogens with one attached hydrogen (secondary N) is 2. The molecule has 0 aliphatic heterocycles. The molecule has 0 heterocycles. The van der Waals surface area contributed by atoms with Crippen LogP contribution in [0.1, 0.15) is 187 Å². The number of aliphatic hydroxyl groups excluding tert-OH is 1. The normalized spacial score (nSPS) is 12.8. The first-order valence-corrected chi connectivity index (χ1v) is 20.9. The van der Waals surface area contributed by atoms with Crippen molar-refractivity contribution in [2.75, 3.05) is 13.2 Å². The molecule has 0 rings (SSSR count). The highest BCUT2D eigenvalue weighted by atomic mass is 16.5. The summed E-state index contributed by atoms with van der Waals surface area (Å²) in [6, 6.07) is -1.39. The number of carboxylic acids is 1. The van der Waals surface area contributed by atoms with Gasteiger partial charge < -0.3 is 25.6 Å². The van der Waals surface area contributed by atoms with Crippen molar-refractivity contribution in [3.05, 3.63) is 36.5 Å². The highest BCUT2D eigenvalue weighted by Gasteiger charge is 2.18. The van der Waals surface area contributed by atoms with Crippen molar-refractivity contribution in [1.29, 1.82) is 0 Å². The van der Waals surface area contributed by atoms with Crippen molar-refractivity contribution in [2.24, 2.45) is 0 Å². The number of carboxylic acid groups (broad SMARTS) is 1. The van der Waals surface area contributed by atoms with Crippen LogP contribution in [0.25, 0.3) is 0 Å². The van der Waals surface area contributed by atoms with Gasteiger partial charge in [0.15, 0.2) is 0 Å². The van der Waals surface area contributed by atoms with E-state index in [1.807, 2.05) is 6.08 Å². The molecule has 9 nitrogen and oxygen atoms in total. The fourth-order valence-electron chi connectivity index (χ4n) is 5.82. The number of carbonyl (C=O) groups excluding carboxylic acids is 3. The van der Waals surface area contributed by atoms with Crippen LogP contribution in [0.15, 0.2) is 36.5 Å². The summed E-state index contributed by atoms with van der Waals surface area (Å²) in [5.74, 6) is -2.43. The molecule has 0 aromatic rings. The fraction of sp³-hybridized carbons (Fsp3) is 0.767. The lowest BCUT2D eigenvalue weighted by Gasteiger charge is -2.15. The van der Waals surface area contributed by atoms with E-state index in [4.69, 9.17) is 14.9 Å². The van der Waals surface area contributed by atoms with E-state index in [1.54, 1.807) is 0 Å². The molecule has 0 aliphatic rings. The molecule has 0 aromatic carbocycles. The first kappa shape index (κ1) is 49.1. The smallest absolute Gasteiger partial charge is 0.328 e. The van der Waals surface area contributed by atoms with Gasteiger partial charge in [-0.3, -0.25) is 14.4 Å². The summed E-state index contributed by atoms with van der Waals surface area (Å²) < 4.78 is 5.87. The molecular formula is C43H76N2O7. The Kier molecular flexibility index (Phi) is 35.7. The van der Waals surface area contributed by atoms with Crippen LogP contribution in [0.4, 0.5) is 0 Å². The third-order valence-corrected chi connectivity index (χ3v) is 9.09. The van der Waals surface area contributed by atoms with Crippen LogP contribution in [0, 0.1) is 0 Å². The quantitative estimate of drug-likeness (QED) is 0.0283. The Morgan fingerprint density at radius 2 is 1.12 bits per heavy atom. The van der Waals surface area contributed by atoms with E-state index in [9.17, 15) is 19.2 Å². The predicted molar refractivity (Wildman–Crippen MR) is 213 cm³/mol. The summed E-state index contributed by atoms with van der Waals surface area (Å²) in [5.41, 5.74) is 0. The number of aliphatic hydroxyl groups is 1. The molecule has 52 heavy (non-hydrogen) atoms. The second kappa shape index (κ2) is 37.8. The predicted octanol–water partition coefficient (Wildman–Crippen LogP) is 9.82. The van der Waals surface area contributed by atoms with Gasteiger partial charge in [0, 0.05) is 12.8 Å². The van der Waals surface area contributed by atoms with Gasteiger partial charge in [0.25, 0.3) is 0 Å². The van der Waals surface area contributed by atoms with Crippen molar-refractivity contribution < 1.29 is 34.1 Å². The molecule has 0 bridgehead atoms. The second-order valence-electron chi connectivity index (χ2n) is 14.1. The maximum atomic E-state index is 12.7. The van der Waals surface area contributed by atoms with Gasteiger partial charge >= 0.3 is 11.9 Å². The molecule has 0 aromatic heterocycles. The van der Waals surface area contributed by atoms with Crippen LogP contribution in [0.2, 0.25) is 0 Å². The number of hydrogen-bond acceptors (Lipinski definition) is 6. The largest absolute Gasteiger partial charge is 0.480 e. The maximum absolute atomic E-state index is 12.7. The number of unbranched alkanes of at least 4 members (excludes halogenated alkanes) is 19. The Morgan fingerprint density at radius 3 is 1.71 bits per heavy atom. The average molecular weight is 733 g/mol. The minimum Gasteiger partial charge on any atom is -0.480 e. The summed E-state index contributed by atoms with van der Waals surface area (Å²) >= 11 is 0. The lowest BCUT2D eigenvalue weighted by Crippen LogP contribution is -2.47. The van der Waals surface area contributed by atoms with Crippen molar-refractivity contribution >= 4 is 23.8 Å². The van der Waals surface area contributed by atoms with Gasteiger partial charge in [0.1, 0.15) is 12.1 Å². The zero-order chi connectivity index (χ0) is 38.3. The molecule has 0 radical (unpaired) electrons. The molecule has 2 amide bonds. The van der Waals surface area contributed by atoms with Gasteiger partial charge in [-0.15, -0.1) is 0 Å². The summed E-state index contributed by atoms with van der Waals surface area (Å²) in [6.07, 6.45) is 42.0. The number of ether oxygens (including phenoxy) is 1. The van der Waals surface area contributed by atoms with Crippen molar-refractivity contribution in [3.63, 3.8) is 0 Å². The fourth-order valence-corrected chi connectivity index (χ4v) is 5.82. The number of rotatable bonds is 37. The standard InChI is InChI=1S/C43H76N2O7/c1-3-5-7-9-11-12-13-14-15-16-17-18-19-20-21-23-25-31-35-42(49)52-38(32-28-24-22-10-8-6-4-2)33-29-26-27-30-34-40(47)44-36-41(48)45-39(37-46)43(50)51/h10,15-16,22,28,32,38-39,46H,3-9,11-14,17-21,23-27,29-31,33-37H2,1-2H3,(H,44,47)(H,45,48)(H,50,51)/b16-15-,22-10-,32-28-. The Balaban J connectivity index is 4.20. The number of aliphatic carboxylic acids is 1. The minimum atomic E-state index is -1.39. The van der Waals surface area contributed by atoms with E-state index < -0.39 is 24.5 Å². The monoisotopic (exact) mass is 733 g/mol. The highest BCUT2D eigenvalue weighted by Crippen LogP contribution is 2.15. The van der Waals surface area contributed by atoms with E-state index in [0.29, 0.717) is 12.8 Å². The van der Waals surface area contributed by atoms with Crippen LogP contribution < -0.4 is 10.6 Å². The summed E-state index contributed by atoms with van der Waals surface area (Å²) in [7, 11) is 0. The third-order valence-electron chi connectivity index (χ3n) is 9.09. The first-order valence-electron chi connectivity index (χ1n) is 20.9. The molecule has 4 N–H and O–H groups in total. The van der Waals surface area contributed by atoms with Gasteiger partial charge in [-0.25, -0.2) is 4.79 Å². The zero-order valence-electron chi connectivity index (χ0n) is 33.1. The third kappa shape index (κ3) is 34.2. The Bertz CT molecular complexity index is 979. The van der Waals surface area contributed by atoms with Gasteiger partial charge in [-0.2, -0.15) is 0 Å². The number of allylic oxidation sites excluding steroid dienone is 5.